The van der Waals surface area contributed by atoms with Gasteiger partial charge in [-0.25, -0.2) is 18.1 Å². The van der Waals surface area contributed by atoms with Gasteiger partial charge in [-0.05, 0) is 19.1 Å². The summed E-state index contributed by atoms with van der Waals surface area (Å²) in [6.45, 7) is 1.77. The smallest absolute Gasteiger partial charge is 0.242 e. The molecule has 0 aliphatic carbocycles. The van der Waals surface area contributed by atoms with Crippen LogP contribution in [0.25, 0.3) is 0 Å². The molecule has 5 nitrogen and oxygen atoms in total. The molecule has 0 spiro atoms. The second-order valence-corrected chi connectivity index (χ2v) is 7.65. The first-order chi connectivity index (χ1) is 9.86. The predicted octanol–water partition coefficient (Wildman–Crippen LogP) is 2.95. The summed E-state index contributed by atoms with van der Waals surface area (Å²) in [5, 5.41) is 2.84. The molecule has 1 aromatic carbocycles. The van der Waals surface area contributed by atoms with Gasteiger partial charge in [-0.3, -0.25) is 0 Å². The highest BCUT2D eigenvalue weighted by atomic mass is 35.5. The van der Waals surface area contributed by atoms with Crippen LogP contribution in [0.3, 0.4) is 0 Å². The molecule has 0 saturated heterocycles. The number of nitrogens with zero attached hydrogens (tertiary/aromatic N) is 1. The number of nitrogens with one attached hydrogen (secondary N) is 1. The second-order valence-electron chi connectivity index (χ2n) is 4.26. The normalized spacial score (nSPS) is 13.3. The van der Waals surface area contributed by atoms with Crippen LogP contribution in [0.4, 0.5) is 0 Å². The molecule has 2 rings (SSSR count). The Morgan fingerprint density at radius 3 is 2.71 bits per heavy atom. The number of rotatable bonds is 5. The lowest BCUT2D eigenvalue weighted by atomic mass is 10.2. The van der Waals surface area contributed by atoms with E-state index in [0.717, 1.165) is 0 Å². The van der Waals surface area contributed by atoms with Gasteiger partial charge in [0.15, 0.2) is 0 Å². The van der Waals surface area contributed by atoms with E-state index in [1.807, 2.05) is 0 Å². The molecule has 9 heteroatoms. The van der Waals surface area contributed by atoms with Crippen molar-refractivity contribution < 1.29 is 8.42 Å². The van der Waals surface area contributed by atoms with Gasteiger partial charge in [-0.15, -0.1) is 11.3 Å². The van der Waals surface area contributed by atoms with E-state index in [0.29, 0.717) is 15.6 Å². The van der Waals surface area contributed by atoms with Gasteiger partial charge in [-0.2, -0.15) is 0 Å². The van der Waals surface area contributed by atoms with Crippen LogP contribution in [0.5, 0.6) is 0 Å². The Hall–Kier alpha value is -0.700. The predicted molar refractivity (Wildman–Crippen MR) is 85.2 cm³/mol. The highest BCUT2D eigenvalue weighted by Gasteiger charge is 2.24. The highest BCUT2D eigenvalue weighted by molar-refractivity contribution is 7.89. The first-order valence-corrected chi connectivity index (χ1v) is 9.07. The fourth-order valence-corrected chi connectivity index (χ4v) is 4.63. The first-order valence-electron chi connectivity index (χ1n) is 5.95. The molecule has 0 aliphatic heterocycles. The summed E-state index contributed by atoms with van der Waals surface area (Å²) in [4.78, 5) is 4.04. The maximum absolute atomic E-state index is 12.4. The van der Waals surface area contributed by atoms with Gasteiger partial charge in [0.25, 0.3) is 0 Å². The van der Waals surface area contributed by atoms with Crippen LogP contribution in [0, 0.1) is 0 Å². The van der Waals surface area contributed by atoms with Gasteiger partial charge in [-0.1, -0.05) is 23.2 Å². The molecule has 114 valence electrons. The molecule has 1 unspecified atom stereocenters. The second kappa shape index (κ2) is 6.60. The zero-order valence-electron chi connectivity index (χ0n) is 11.0. The summed E-state index contributed by atoms with van der Waals surface area (Å²) in [5.74, 6) is 0. The molecule has 1 atom stereocenters. The van der Waals surface area contributed by atoms with E-state index in [4.69, 9.17) is 28.9 Å². The highest BCUT2D eigenvalue weighted by Crippen LogP contribution is 2.31. The van der Waals surface area contributed by atoms with Crippen LogP contribution in [0.1, 0.15) is 23.5 Å². The monoisotopic (exact) mass is 365 g/mol. The van der Waals surface area contributed by atoms with Crippen LogP contribution in [0.2, 0.25) is 10.0 Å². The third kappa shape index (κ3) is 3.56. The lowest BCUT2D eigenvalue weighted by Crippen LogP contribution is -2.27. The fraction of sp³-hybridized carbons (Fsp3) is 0.250. The van der Waals surface area contributed by atoms with Gasteiger partial charge in [0, 0.05) is 28.7 Å². The summed E-state index contributed by atoms with van der Waals surface area (Å²) in [6.07, 6.45) is 1.62. The first kappa shape index (κ1) is 16.7. The van der Waals surface area contributed by atoms with Crippen molar-refractivity contribution in [1.29, 1.82) is 0 Å². The minimum absolute atomic E-state index is 0.0441. The van der Waals surface area contributed by atoms with Crippen molar-refractivity contribution in [2.45, 2.75) is 24.4 Å². The Labute approximate surface area is 137 Å². The van der Waals surface area contributed by atoms with Crippen molar-refractivity contribution in [2.75, 3.05) is 0 Å². The summed E-state index contributed by atoms with van der Waals surface area (Å²) in [7, 11) is -3.80. The number of hydrogen-bond donors (Lipinski definition) is 2. The number of hydrogen-bond acceptors (Lipinski definition) is 5. The van der Waals surface area contributed by atoms with Gasteiger partial charge in [0.2, 0.25) is 10.0 Å². The van der Waals surface area contributed by atoms with Crippen LogP contribution in [0.15, 0.2) is 28.6 Å². The largest absolute Gasteiger partial charge is 0.326 e. The Bertz CT molecular complexity index is 733. The zero-order chi connectivity index (χ0) is 15.6. The van der Waals surface area contributed by atoms with E-state index in [1.165, 1.54) is 23.5 Å². The molecule has 0 radical (unpaired) electrons. The maximum Gasteiger partial charge on any atom is 0.242 e. The Morgan fingerprint density at radius 1 is 1.43 bits per heavy atom. The molecule has 0 fully saturated rings. The summed E-state index contributed by atoms with van der Waals surface area (Å²) in [5.41, 5.74) is 5.96. The topological polar surface area (TPSA) is 85.1 Å². The van der Waals surface area contributed by atoms with Crippen molar-refractivity contribution in [3.8, 4) is 0 Å². The summed E-state index contributed by atoms with van der Waals surface area (Å²) < 4.78 is 27.4. The Morgan fingerprint density at radius 2 is 2.14 bits per heavy atom. The quantitative estimate of drug-likeness (QED) is 0.852. The molecule has 21 heavy (non-hydrogen) atoms. The van der Waals surface area contributed by atoms with E-state index in [9.17, 15) is 8.42 Å². The maximum atomic E-state index is 12.4. The van der Waals surface area contributed by atoms with Gasteiger partial charge in [0.1, 0.15) is 9.90 Å². The molecule has 0 amide bonds. The molecular weight excluding hydrogens is 353 g/mol. The SMILES string of the molecule is CC(NS(=O)(=O)c1ccc(Cl)c(CN)c1Cl)c1nccs1. The third-order valence-electron chi connectivity index (χ3n) is 2.80. The molecule has 1 aromatic heterocycles. The molecule has 3 N–H and O–H groups in total. The molecule has 0 aliphatic rings. The van der Waals surface area contributed by atoms with Crippen LogP contribution >= 0.6 is 34.5 Å². The van der Waals surface area contributed by atoms with Crippen molar-refractivity contribution >= 4 is 44.6 Å². The number of aromatic nitrogens is 1. The van der Waals surface area contributed by atoms with Crippen LogP contribution < -0.4 is 10.5 Å². The van der Waals surface area contributed by atoms with Gasteiger partial charge in [0.05, 0.1) is 11.1 Å². The van der Waals surface area contributed by atoms with Crippen molar-refractivity contribution in [1.82, 2.24) is 9.71 Å². The number of benzene rings is 1. The van der Waals surface area contributed by atoms with Crippen LogP contribution in [-0.2, 0) is 16.6 Å². The molecular formula is C12H13Cl2N3O2S2. The third-order valence-corrected chi connectivity index (χ3v) is 6.24. The molecule has 1 heterocycles. The van der Waals surface area contributed by atoms with Crippen molar-refractivity contribution in [3.05, 3.63) is 44.3 Å². The number of sulfonamides is 1. The fourth-order valence-electron chi connectivity index (χ4n) is 1.77. The molecule has 2 aromatic rings. The van der Waals surface area contributed by atoms with E-state index < -0.39 is 16.1 Å². The van der Waals surface area contributed by atoms with E-state index in [-0.39, 0.29) is 16.5 Å². The average molecular weight is 366 g/mol. The summed E-state index contributed by atoms with van der Waals surface area (Å²) in [6, 6.07) is 2.38. The van der Waals surface area contributed by atoms with Crippen molar-refractivity contribution in [2.24, 2.45) is 5.73 Å². The van der Waals surface area contributed by atoms with Gasteiger partial charge >= 0.3 is 0 Å². The standard InChI is InChI=1S/C12H13Cl2N3O2S2/c1-7(12-16-4-5-20-12)17-21(18,19)10-3-2-9(13)8(6-15)11(10)14/h2-5,7,17H,6,15H2,1H3. The average Bonchev–Trinajstić information content (AvgIpc) is 2.92. The number of nitrogens with two attached hydrogens (primary N) is 1. The number of halogens is 2. The zero-order valence-corrected chi connectivity index (χ0v) is 14.2. The summed E-state index contributed by atoms with van der Waals surface area (Å²) >= 11 is 13.4. The lowest BCUT2D eigenvalue weighted by molar-refractivity contribution is 0.566. The lowest BCUT2D eigenvalue weighted by Gasteiger charge is -2.15. The van der Waals surface area contributed by atoms with Crippen LogP contribution in [-0.4, -0.2) is 13.4 Å². The Balaban J connectivity index is 2.36. The Kier molecular flexibility index (Phi) is 5.24. The minimum atomic E-state index is -3.80. The van der Waals surface area contributed by atoms with Gasteiger partial charge < -0.3 is 5.73 Å². The van der Waals surface area contributed by atoms with E-state index >= 15 is 0 Å². The van der Waals surface area contributed by atoms with Crippen molar-refractivity contribution in [3.63, 3.8) is 0 Å². The van der Waals surface area contributed by atoms with E-state index in [2.05, 4.69) is 9.71 Å². The number of thiazole rings is 1. The molecule has 0 saturated carbocycles. The minimum Gasteiger partial charge on any atom is -0.326 e. The molecule has 0 bridgehead atoms. The van der Waals surface area contributed by atoms with E-state index in [1.54, 1.807) is 18.5 Å².